The van der Waals surface area contributed by atoms with Crippen LogP contribution in [0.4, 0.5) is 0 Å². The Balaban J connectivity index is 1.72. The smallest absolute Gasteiger partial charge is 0.315 e. The first-order valence-corrected chi connectivity index (χ1v) is 13.4. The number of carbonyl (C=O) groups excluding carboxylic acids is 1. The Bertz CT molecular complexity index is 827. The van der Waals surface area contributed by atoms with Gasteiger partial charge in [-0.2, -0.15) is 0 Å². The molecule has 0 amide bonds. The molecule has 4 aliphatic rings. The molecule has 0 aromatic heterocycles. The molecule has 8 unspecified atom stereocenters. The minimum absolute atomic E-state index is 0.0416. The van der Waals surface area contributed by atoms with Gasteiger partial charge in [-0.1, -0.05) is 71.3 Å². The van der Waals surface area contributed by atoms with Crippen molar-refractivity contribution in [2.45, 2.75) is 92.1 Å². The molecule has 4 rings (SSSR count). The van der Waals surface area contributed by atoms with E-state index in [0.29, 0.717) is 24.9 Å². The van der Waals surface area contributed by atoms with Crippen LogP contribution >= 0.6 is 0 Å². The fraction of sp³-hybridized carbons (Fsp3) is 0.793. The standard InChI is InChI=1S/C29H44O4/c1-6-8-9-10-11-21(7-2)33-18-27-15-24(19(3)4)29(26(31)32)25(27)14-22-20(5)12-13-23(22)28(29,16-27)17-30/h9-10,15,17,19-23,25H,6-8,11-14,16,18H2,1-5H3,(H,31,32). The third-order valence-corrected chi connectivity index (χ3v) is 10.1. The minimum atomic E-state index is -1.06. The van der Waals surface area contributed by atoms with Gasteiger partial charge in [-0.3, -0.25) is 4.79 Å². The van der Waals surface area contributed by atoms with Crippen molar-refractivity contribution in [3.05, 3.63) is 23.8 Å². The number of ether oxygens (including phenoxy) is 1. The fourth-order valence-corrected chi connectivity index (χ4v) is 8.69. The fourth-order valence-electron chi connectivity index (χ4n) is 8.69. The van der Waals surface area contributed by atoms with E-state index in [2.05, 4.69) is 52.8 Å². The number of allylic oxidation sites excluding steroid dienone is 1. The number of carbonyl (C=O) groups is 2. The largest absolute Gasteiger partial charge is 0.481 e. The third-order valence-electron chi connectivity index (χ3n) is 10.1. The van der Waals surface area contributed by atoms with Gasteiger partial charge in [0.2, 0.25) is 0 Å². The number of aliphatic carboxylic acids is 1. The van der Waals surface area contributed by atoms with Gasteiger partial charge in [-0.25, -0.2) is 0 Å². The molecule has 0 saturated heterocycles. The van der Waals surface area contributed by atoms with E-state index in [1.807, 2.05) is 0 Å². The highest BCUT2D eigenvalue weighted by Crippen LogP contribution is 2.81. The summed E-state index contributed by atoms with van der Waals surface area (Å²) in [5.41, 5.74) is -1.20. The van der Waals surface area contributed by atoms with E-state index in [4.69, 9.17) is 4.74 Å². The summed E-state index contributed by atoms with van der Waals surface area (Å²) in [5, 5.41) is 10.9. The van der Waals surface area contributed by atoms with Crippen LogP contribution in [0.1, 0.15) is 86.0 Å². The summed E-state index contributed by atoms with van der Waals surface area (Å²) in [6, 6.07) is 0. The summed E-state index contributed by atoms with van der Waals surface area (Å²) in [6.45, 7) is 11.4. The van der Waals surface area contributed by atoms with Crippen LogP contribution in [0.3, 0.4) is 0 Å². The predicted octanol–water partition coefficient (Wildman–Crippen LogP) is 6.45. The maximum Gasteiger partial charge on any atom is 0.315 e. The molecule has 0 aromatic carbocycles. The molecule has 0 aromatic rings. The van der Waals surface area contributed by atoms with Crippen LogP contribution in [0, 0.1) is 45.8 Å². The molecule has 33 heavy (non-hydrogen) atoms. The number of hydrogen-bond donors (Lipinski definition) is 1. The van der Waals surface area contributed by atoms with Crippen LogP contribution in [0.5, 0.6) is 0 Å². The van der Waals surface area contributed by atoms with Crippen molar-refractivity contribution >= 4 is 12.3 Å². The number of carboxylic acid groups (broad SMARTS) is 1. The Kier molecular flexibility index (Phi) is 6.72. The highest BCUT2D eigenvalue weighted by molar-refractivity contribution is 5.89. The Morgan fingerprint density at radius 1 is 1.27 bits per heavy atom. The molecule has 3 fully saturated rings. The molecule has 3 saturated carbocycles. The number of fused-ring (bicyclic) bond motifs is 2. The molecule has 184 valence electrons. The normalized spacial score (nSPS) is 42.1. The SMILES string of the molecule is CCCC=CCC(CC)OCC12C=C(C(C)C)C3(C(=O)O)C1CC1C(C)CCC1C3(C=O)C2. The van der Waals surface area contributed by atoms with Gasteiger partial charge >= 0.3 is 5.97 Å². The summed E-state index contributed by atoms with van der Waals surface area (Å²) in [7, 11) is 0. The third kappa shape index (κ3) is 3.33. The van der Waals surface area contributed by atoms with Crippen LogP contribution in [0.2, 0.25) is 0 Å². The Morgan fingerprint density at radius 3 is 2.64 bits per heavy atom. The van der Waals surface area contributed by atoms with Gasteiger partial charge in [-0.15, -0.1) is 0 Å². The Hall–Kier alpha value is -1.42. The first-order valence-electron chi connectivity index (χ1n) is 13.4. The van der Waals surface area contributed by atoms with Gasteiger partial charge in [0.15, 0.2) is 0 Å². The lowest BCUT2D eigenvalue weighted by Crippen LogP contribution is -2.58. The second kappa shape index (κ2) is 8.98. The second-order valence-corrected chi connectivity index (χ2v) is 11.9. The van der Waals surface area contributed by atoms with Gasteiger partial charge in [-0.05, 0) is 68.1 Å². The van der Waals surface area contributed by atoms with E-state index in [1.54, 1.807) is 0 Å². The summed E-state index contributed by atoms with van der Waals surface area (Å²) in [4.78, 5) is 26.3. The lowest BCUT2D eigenvalue weighted by atomic mass is 9.47. The monoisotopic (exact) mass is 456 g/mol. The van der Waals surface area contributed by atoms with Crippen molar-refractivity contribution in [2.75, 3.05) is 6.61 Å². The van der Waals surface area contributed by atoms with Crippen molar-refractivity contribution < 1.29 is 19.4 Å². The Morgan fingerprint density at radius 2 is 2.03 bits per heavy atom. The molecular weight excluding hydrogens is 412 g/mol. The highest BCUT2D eigenvalue weighted by Gasteiger charge is 2.82. The van der Waals surface area contributed by atoms with Crippen molar-refractivity contribution in [1.82, 2.24) is 0 Å². The molecule has 0 heterocycles. The van der Waals surface area contributed by atoms with Crippen molar-refractivity contribution in [1.29, 1.82) is 0 Å². The summed E-state index contributed by atoms with van der Waals surface area (Å²) >= 11 is 0. The number of rotatable bonds is 11. The molecule has 4 aliphatic carbocycles. The molecule has 8 atom stereocenters. The van der Waals surface area contributed by atoms with Gasteiger partial charge in [0.05, 0.1) is 18.1 Å². The van der Waals surface area contributed by atoms with E-state index >= 15 is 0 Å². The van der Waals surface area contributed by atoms with Crippen molar-refractivity contribution in [2.24, 2.45) is 45.8 Å². The molecule has 0 aliphatic heterocycles. The average Bonchev–Trinajstić information content (AvgIpc) is 3.36. The van der Waals surface area contributed by atoms with Crippen LogP contribution in [-0.4, -0.2) is 30.1 Å². The van der Waals surface area contributed by atoms with Crippen LogP contribution in [0.25, 0.3) is 0 Å². The zero-order valence-electron chi connectivity index (χ0n) is 21.3. The molecule has 4 bridgehead atoms. The maximum atomic E-state index is 13.2. The molecule has 4 heteroatoms. The van der Waals surface area contributed by atoms with Crippen LogP contribution in [0.15, 0.2) is 23.8 Å². The Labute approximate surface area is 200 Å². The number of hydrogen-bond acceptors (Lipinski definition) is 3. The van der Waals surface area contributed by atoms with E-state index in [-0.39, 0.29) is 29.3 Å². The minimum Gasteiger partial charge on any atom is -0.481 e. The molecule has 0 radical (unpaired) electrons. The van der Waals surface area contributed by atoms with Crippen molar-refractivity contribution in [3.63, 3.8) is 0 Å². The number of aldehydes is 1. The molecule has 0 spiro atoms. The first-order chi connectivity index (χ1) is 15.7. The van der Waals surface area contributed by atoms with Gasteiger partial charge in [0.1, 0.15) is 11.7 Å². The first kappa shape index (κ1) is 24.7. The lowest BCUT2D eigenvalue weighted by Gasteiger charge is -2.53. The quantitative estimate of drug-likeness (QED) is 0.286. The number of carboxylic acids is 1. The zero-order valence-corrected chi connectivity index (χ0v) is 21.3. The van der Waals surface area contributed by atoms with Crippen molar-refractivity contribution in [3.8, 4) is 0 Å². The topological polar surface area (TPSA) is 63.6 Å². The summed E-state index contributed by atoms with van der Waals surface area (Å²) in [6.07, 6.45) is 15.7. The van der Waals surface area contributed by atoms with E-state index < -0.39 is 16.8 Å². The van der Waals surface area contributed by atoms with Gasteiger partial charge < -0.3 is 14.6 Å². The zero-order chi connectivity index (χ0) is 24.0. The molecule has 4 nitrogen and oxygen atoms in total. The molecular formula is C29H44O4. The van der Waals surface area contributed by atoms with E-state index in [9.17, 15) is 14.7 Å². The van der Waals surface area contributed by atoms with Crippen LogP contribution < -0.4 is 0 Å². The lowest BCUT2D eigenvalue weighted by molar-refractivity contribution is -0.169. The van der Waals surface area contributed by atoms with Gasteiger partial charge in [0.25, 0.3) is 0 Å². The predicted molar refractivity (Wildman–Crippen MR) is 131 cm³/mol. The van der Waals surface area contributed by atoms with Crippen LogP contribution in [-0.2, 0) is 14.3 Å². The van der Waals surface area contributed by atoms with E-state index in [0.717, 1.165) is 56.8 Å². The maximum absolute atomic E-state index is 13.2. The second-order valence-electron chi connectivity index (χ2n) is 11.9. The molecule has 1 N–H and O–H groups in total. The van der Waals surface area contributed by atoms with Gasteiger partial charge in [0, 0.05) is 5.41 Å². The van der Waals surface area contributed by atoms with E-state index in [1.165, 1.54) is 0 Å². The average molecular weight is 457 g/mol. The summed E-state index contributed by atoms with van der Waals surface area (Å²) < 4.78 is 6.57. The highest BCUT2D eigenvalue weighted by atomic mass is 16.5. The summed E-state index contributed by atoms with van der Waals surface area (Å²) in [5.74, 6) is 0.494. The number of unbranched alkanes of at least 4 members (excludes halogenated alkanes) is 1.